The number of amides is 1. The van der Waals surface area contributed by atoms with Gasteiger partial charge in [0.2, 0.25) is 0 Å². The Hall–Kier alpha value is -3.21. The summed E-state index contributed by atoms with van der Waals surface area (Å²) in [5.41, 5.74) is 0.683. The second kappa shape index (κ2) is 5.65. The molecule has 0 spiro atoms. The van der Waals surface area contributed by atoms with E-state index in [9.17, 15) is 14.7 Å². The first kappa shape index (κ1) is 13.8. The van der Waals surface area contributed by atoms with Crippen molar-refractivity contribution in [2.45, 2.75) is 0 Å². The molecule has 0 aliphatic rings. The van der Waals surface area contributed by atoms with E-state index in [1.54, 1.807) is 30.5 Å². The van der Waals surface area contributed by atoms with Crippen LogP contribution >= 0.6 is 0 Å². The van der Waals surface area contributed by atoms with E-state index in [0.717, 1.165) is 10.8 Å². The van der Waals surface area contributed by atoms with E-state index < -0.39 is 11.9 Å². The third kappa shape index (κ3) is 2.64. The molecule has 0 saturated carbocycles. The fourth-order valence-corrected chi connectivity index (χ4v) is 2.21. The highest BCUT2D eigenvalue weighted by molar-refractivity contribution is 6.09. The minimum Gasteiger partial charge on any atom is -0.478 e. The van der Waals surface area contributed by atoms with Gasteiger partial charge >= 0.3 is 5.97 Å². The van der Waals surface area contributed by atoms with Crippen LogP contribution in [0.2, 0.25) is 0 Å². The summed E-state index contributed by atoms with van der Waals surface area (Å²) in [4.78, 5) is 27.5. The largest absolute Gasteiger partial charge is 0.478 e. The standard InChI is InChI=1S/C17H12N2O3/c20-16(13-6-3-7-18-10-13)19-15-9-12-5-2-1-4-11(12)8-14(15)17(21)22/h1-10H,(H,19,20)(H,21,22). The number of nitrogens with one attached hydrogen (secondary N) is 1. The summed E-state index contributed by atoms with van der Waals surface area (Å²) in [7, 11) is 0. The van der Waals surface area contributed by atoms with Crippen LogP contribution in [0.5, 0.6) is 0 Å². The molecule has 5 heteroatoms. The van der Waals surface area contributed by atoms with Crippen molar-refractivity contribution in [2.24, 2.45) is 0 Å². The topological polar surface area (TPSA) is 79.3 Å². The molecule has 0 saturated heterocycles. The van der Waals surface area contributed by atoms with E-state index in [1.165, 1.54) is 6.20 Å². The second-order valence-corrected chi connectivity index (χ2v) is 4.75. The Morgan fingerprint density at radius 1 is 1.00 bits per heavy atom. The molecule has 0 unspecified atom stereocenters. The zero-order valence-corrected chi connectivity index (χ0v) is 11.5. The van der Waals surface area contributed by atoms with E-state index in [1.807, 2.05) is 24.3 Å². The lowest BCUT2D eigenvalue weighted by Gasteiger charge is -2.10. The van der Waals surface area contributed by atoms with Crippen LogP contribution < -0.4 is 5.32 Å². The van der Waals surface area contributed by atoms with Gasteiger partial charge in [-0.25, -0.2) is 4.79 Å². The number of aromatic nitrogens is 1. The lowest BCUT2D eigenvalue weighted by atomic mass is 10.0. The van der Waals surface area contributed by atoms with E-state index in [-0.39, 0.29) is 11.3 Å². The van der Waals surface area contributed by atoms with E-state index in [4.69, 9.17) is 0 Å². The minimum atomic E-state index is -1.09. The number of aromatic carboxylic acids is 1. The Balaban J connectivity index is 2.03. The molecule has 5 nitrogen and oxygen atoms in total. The number of hydrogen-bond acceptors (Lipinski definition) is 3. The molecule has 0 radical (unpaired) electrons. The van der Waals surface area contributed by atoms with Gasteiger partial charge < -0.3 is 10.4 Å². The van der Waals surface area contributed by atoms with Crippen LogP contribution in [0.4, 0.5) is 5.69 Å². The molecule has 1 heterocycles. The van der Waals surface area contributed by atoms with Gasteiger partial charge in [-0.3, -0.25) is 9.78 Å². The summed E-state index contributed by atoms with van der Waals surface area (Å²) < 4.78 is 0. The quantitative estimate of drug-likeness (QED) is 0.777. The third-order valence-corrected chi connectivity index (χ3v) is 3.29. The molecular formula is C17H12N2O3. The van der Waals surface area contributed by atoms with E-state index >= 15 is 0 Å². The third-order valence-electron chi connectivity index (χ3n) is 3.29. The molecular weight excluding hydrogens is 280 g/mol. The van der Waals surface area contributed by atoms with Crippen LogP contribution in [-0.2, 0) is 0 Å². The molecule has 2 aromatic carbocycles. The summed E-state index contributed by atoms with van der Waals surface area (Å²) in [5, 5.41) is 13.6. The maximum Gasteiger partial charge on any atom is 0.337 e. The van der Waals surface area contributed by atoms with Gasteiger partial charge in [-0.2, -0.15) is 0 Å². The fraction of sp³-hybridized carbons (Fsp3) is 0. The Labute approximate surface area is 126 Å². The number of fused-ring (bicyclic) bond motifs is 1. The molecule has 0 bridgehead atoms. The number of hydrogen-bond donors (Lipinski definition) is 2. The average Bonchev–Trinajstić information content (AvgIpc) is 2.54. The second-order valence-electron chi connectivity index (χ2n) is 4.75. The molecule has 3 aromatic rings. The number of nitrogens with zero attached hydrogens (tertiary/aromatic N) is 1. The SMILES string of the molecule is O=C(Nc1cc2ccccc2cc1C(=O)O)c1cccnc1. The lowest BCUT2D eigenvalue weighted by Crippen LogP contribution is -2.15. The van der Waals surface area contributed by atoms with Crippen molar-refractivity contribution < 1.29 is 14.7 Å². The molecule has 1 amide bonds. The van der Waals surface area contributed by atoms with Gasteiger partial charge in [0.25, 0.3) is 5.91 Å². The molecule has 2 N–H and O–H groups in total. The predicted octanol–water partition coefficient (Wildman–Crippen LogP) is 3.19. The Bertz CT molecular complexity index is 860. The number of pyridine rings is 1. The van der Waals surface area contributed by atoms with Gasteiger partial charge in [0, 0.05) is 12.4 Å². The van der Waals surface area contributed by atoms with Gasteiger partial charge in [0.15, 0.2) is 0 Å². The smallest absolute Gasteiger partial charge is 0.337 e. The number of carbonyl (C=O) groups excluding carboxylic acids is 1. The van der Waals surface area contributed by atoms with Crippen LogP contribution in [-0.4, -0.2) is 22.0 Å². The average molecular weight is 292 g/mol. The van der Waals surface area contributed by atoms with Crippen LogP contribution in [0, 0.1) is 0 Å². The van der Waals surface area contributed by atoms with Gasteiger partial charge in [0.1, 0.15) is 0 Å². The number of rotatable bonds is 3. The Kier molecular flexibility index (Phi) is 3.53. The molecule has 0 fully saturated rings. The molecule has 0 aliphatic heterocycles. The number of anilines is 1. The highest BCUT2D eigenvalue weighted by Gasteiger charge is 2.15. The van der Waals surface area contributed by atoms with Gasteiger partial charge in [-0.1, -0.05) is 24.3 Å². The van der Waals surface area contributed by atoms with Gasteiger partial charge in [-0.05, 0) is 35.0 Å². The van der Waals surface area contributed by atoms with Crippen LogP contribution in [0.1, 0.15) is 20.7 Å². The van der Waals surface area contributed by atoms with E-state index in [0.29, 0.717) is 5.56 Å². The molecule has 0 atom stereocenters. The summed E-state index contributed by atoms with van der Waals surface area (Å²) in [5.74, 6) is -1.49. The van der Waals surface area contributed by atoms with Crippen LogP contribution in [0.3, 0.4) is 0 Å². The number of carbonyl (C=O) groups is 2. The first-order valence-electron chi connectivity index (χ1n) is 6.62. The first-order valence-corrected chi connectivity index (χ1v) is 6.62. The normalized spacial score (nSPS) is 10.4. The zero-order valence-electron chi connectivity index (χ0n) is 11.5. The van der Waals surface area contributed by atoms with Crippen molar-refractivity contribution >= 4 is 28.3 Å². The molecule has 3 rings (SSSR count). The summed E-state index contributed by atoms with van der Waals surface area (Å²) in [6, 6.07) is 13.9. The van der Waals surface area contributed by atoms with Crippen molar-refractivity contribution in [1.82, 2.24) is 4.98 Å². The summed E-state index contributed by atoms with van der Waals surface area (Å²) in [6.07, 6.45) is 2.99. The number of carboxylic acids is 1. The monoisotopic (exact) mass is 292 g/mol. The zero-order chi connectivity index (χ0) is 15.5. The van der Waals surface area contributed by atoms with E-state index in [2.05, 4.69) is 10.3 Å². The maximum absolute atomic E-state index is 12.2. The molecule has 108 valence electrons. The predicted molar refractivity (Wildman–Crippen MR) is 83.1 cm³/mol. The van der Waals surface area contributed by atoms with Crippen molar-refractivity contribution in [3.8, 4) is 0 Å². The fourth-order valence-electron chi connectivity index (χ4n) is 2.21. The molecule has 1 aromatic heterocycles. The Morgan fingerprint density at radius 3 is 2.36 bits per heavy atom. The molecule has 22 heavy (non-hydrogen) atoms. The van der Waals surface area contributed by atoms with Gasteiger partial charge in [0.05, 0.1) is 16.8 Å². The van der Waals surface area contributed by atoms with Gasteiger partial charge in [-0.15, -0.1) is 0 Å². The molecule has 0 aliphatic carbocycles. The minimum absolute atomic E-state index is 0.0518. The van der Waals surface area contributed by atoms with Crippen molar-refractivity contribution in [1.29, 1.82) is 0 Å². The summed E-state index contributed by atoms with van der Waals surface area (Å²) >= 11 is 0. The first-order chi connectivity index (χ1) is 10.6. The van der Waals surface area contributed by atoms with Crippen molar-refractivity contribution in [3.63, 3.8) is 0 Å². The highest BCUT2D eigenvalue weighted by Crippen LogP contribution is 2.24. The number of benzene rings is 2. The maximum atomic E-state index is 12.2. The van der Waals surface area contributed by atoms with Crippen LogP contribution in [0.15, 0.2) is 60.9 Å². The Morgan fingerprint density at radius 2 is 1.73 bits per heavy atom. The number of carboxylic acid groups (broad SMARTS) is 1. The summed E-state index contributed by atoms with van der Waals surface area (Å²) in [6.45, 7) is 0. The van der Waals surface area contributed by atoms with Crippen molar-refractivity contribution in [2.75, 3.05) is 5.32 Å². The lowest BCUT2D eigenvalue weighted by molar-refractivity contribution is 0.0698. The van der Waals surface area contributed by atoms with Crippen molar-refractivity contribution in [3.05, 3.63) is 72.1 Å². The van der Waals surface area contributed by atoms with Crippen LogP contribution in [0.25, 0.3) is 10.8 Å². The highest BCUT2D eigenvalue weighted by atomic mass is 16.4.